The van der Waals surface area contributed by atoms with Crippen LogP contribution in [0.25, 0.3) is 11.1 Å². The topological polar surface area (TPSA) is 70.5 Å². The average molecular weight is 274 g/mol. The van der Waals surface area contributed by atoms with Crippen molar-refractivity contribution in [3.05, 3.63) is 30.0 Å². The highest BCUT2D eigenvalue weighted by molar-refractivity contribution is 5.80. The summed E-state index contributed by atoms with van der Waals surface area (Å²) in [5.41, 5.74) is 8.68. The molecule has 0 saturated carbocycles. The van der Waals surface area contributed by atoms with Gasteiger partial charge in [-0.2, -0.15) is 0 Å². The Bertz CT molecular complexity index is 589. The summed E-state index contributed by atoms with van der Waals surface area (Å²) in [6.45, 7) is 1.51. The molecule has 3 rings (SSSR count). The third-order valence-corrected chi connectivity index (χ3v) is 3.73. The van der Waals surface area contributed by atoms with Crippen LogP contribution in [0.5, 0.6) is 5.75 Å². The van der Waals surface area contributed by atoms with Crippen molar-refractivity contribution in [1.29, 1.82) is 0 Å². The van der Waals surface area contributed by atoms with Crippen molar-refractivity contribution in [1.82, 2.24) is 5.16 Å². The van der Waals surface area contributed by atoms with Crippen LogP contribution in [-0.2, 0) is 4.74 Å². The van der Waals surface area contributed by atoms with E-state index < -0.39 is 0 Å². The maximum atomic E-state index is 5.99. The molecule has 1 aromatic heterocycles. The van der Waals surface area contributed by atoms with Crippen molar-refractivity contribution in [3.63, 3.8) is 0 Å². The molecule has 0 aliphatic carbocycles. The van der Waals surface area contributed by atoms with Gasteiger partial charge >= 0.3 is 0 Å². The predicted octanol–water partition coefficient (Wildman–Crippen LogP) is 2.83. The monoisotopic (exact) mass is 274 g/mol. The Morgan fingerprint density at radius 2 is 2.00 bits per heavy atom. The molecular weight excluding hydrogens is 256 g/mol. The molecule has 0 amide bonds. The lowest BCUT2D eigenvalue weighted by atomic mass is 9.91. The summed E-state index contributed by atoms with van der Waals surface area (Å²) in [4.78, 5) is 0. The van der Waals surface area contributed by atoms with Gasteiger partial charge in [-0.25, -0.2) is 0 Å². The zero-order valence-corrected chi connectivity index (χ0v) is 11.5. The van der Waals surface area contributed by atoms with Crippen LogP contribution in [0.15, 0.2) is 28.8 Å². The van der Waals surface area contributed by atoms with Crippen LogP contribution >= 0.6 is 0 Å². The van der Waals surface area contributed by atoms with E-state index in [0.29, 0.717) is 11.8 Å². The minimum Gasteiger partial charge on any atom is -0.496 e. The number of nitrogens with zero attached hydrogens (tertiary/aromatic N) is 1. The molecule has 106 valence electrons. The molecule has 1 aliphatic heterocycles. The summed E-state index contributed by atoms with van der Waals surface area (Å²) in [6.07, 6.45) is 1.88. The highest BCUT2D eigenvalue weighted by Gasteiger charge is 2.26. The first-order chi connectivity index (χ1) is 9.81. The number of rotatable bonds is 3. The molecule has 5 nitrogen and oxygen atoms in total. The first-order valence-corrected chi connectivity index (χ1v) is 6.77. The fraction of sp³-hybridized carbons (Fsp3) is 0.400. The highest BCUT2D eigenvalue weighted by atomic mass is 16.5. The van der Waals surface area contributed by atoms with Gasteiger partial charge in [-0.05, 0) is 18.9 Å². The van der Waals surface area contributed by atoms with E-state index in [1.165, 1.54) is 0 Å². The maximum Gasteiger partial charge on any atom is 0.230 e. The molecule has 20 heavy (non-hydrogen) atoms. The van der Waals surface area contributed by atoms with Gasteiger partial charge in [0, 0.05) is 24.7 Å². The molecule has 0 radical (unpaired) electrons. The van der Waals surface area contributed by atoms with E-state index in [2.05, 4.69) is 5.16 Å². The molecule has 1 saturated heterocycles. The van der Waals surface area contributed by atoms with E-state index in [1.54, 1.807) is 7.11 Å². The number of nitrogens with two attached hydrogens (primary N) is 1. The molecule has 2 heterocycles. The second-order valence-electron chi connectivity index (χ2n) is 4.89. The van der Waals surface area contributed by atoms with Gasteiger partial charge in [-0.15, -0.1) is 0 Å². The van der Waals surface area contributed by atoms with Crippen molar-refractivity contribution in [2.45, 2.75) is 18.8 Å². The van der Waals surface area contributed by atoms with Crippen LogP contribution < -0.4 is 10.5 Å². The number of hydrogen-bond donors (Lipinski definition) is 1. The number of aromatic nitrogens is 1. The number of anilines is 1. The molecule has 1 fully saturated rings. The van der Waals surface area contributed by atoms with E-state index in [4.69, 9.17) is 19.7 Å². The smallest absolute Gasteiger partial charge is 0.230 e. The summed E-state index contributed by atoms with van der Waals surface area (Å²) >= 11 is 0. The second kappa shape index (κ2) is 5.54. The number of methoxy groups -OCH3 is 1. The number of hydrogen-bond acceptors (Lipinski definition) is 5. The molecule has 0 bridgehead atoms. The number of nitrogen functional groups attached to an aromatic ring is 1. The summed E-state index contributed by atoms with van der Waals surface area (Å²) < 4.78 is 16.1. The Labute approximate surface area is 117 Å². The summed E-state index contributed by atoms with van der Waals surface area (Å²) in [5.74, 6) is 1.44. The van der Waals surface area contributed by atoms with Gasteiger partial charge in [-0.3, -0.25) is 0 Å². The van der Waals surface area contributed by atoms with E-state index in [-0.39, 0.29) is 0 Å². The fourth-order valence-electron chi connectivity index (χ4n) is 2.69. The van der Waals surface area contributed by atoms with E-state index in [9.17, 15) is 0 Å². The Morgan fingerprint density at radius 3 is 2.75 bits per heavy atom. The Balaban J connectivity index is 2.06. The molecule has 1 aromatic carbocycles. The molecule has 2 N–H and O–H groups in total. The maximum absolute atomic E-state index is 5.99. The summed E-state index contributed by atoms with van der Waals surface area (Å²) in [7, 11) is 1.65. The van der Waals surface area contributed by atoms with E-state index in [0.717, 1.165) is 48.6 Å². The van der Waals surface area contributed by atoms with Crippen molar-refractivity contribution < 1.29 is 14.0 Å². The minimum atomic E-state index is 0.324. The third kappa shape index (κ3) is 2.25. The highest BCUT2D eigenvalue weighted by Crippen LogP contribution is 2.41. The van der Waals surface area contributed by atoms with Gasteiger partial charge in [-0.1, -0.05) is 23.4 Å². The lowest BCUT2D eigenvalue weighted by Gasteiger charge is -2.21. The van der Waals surface area contributed by atoms with Crippen LogP contribution in [-0.4, -0.2) is 25.5 Å². The Hall–Kier alpha value is -2.01. The lowest BCUT2D eigenvalue weighted by Crippen LogP contribution is -2.15. The van der Waals surface area contributed by atoms with Gasteiger partial charge in [0.1, 0.15) is 5.75 Å². The van der Waals surface area contributed by atoms with Crippen LogP contribution in [0.1, 0.15) is 24.5 Å². The van der Waals surface area contributed by atoms with Crippen molar-refractivity contribution in [2.75, 3.05) is 26.1 Å². The zero-order chi connectivity index (χ0) is 13.9. The average Bonchev–Trinajstić information content (AvgIpc) is 2.89. The molecule has 0 atom stereocenters. The van der Waals surface area contributed by atoms with Gasteiger partial charge in [0.2, 0.25) is 5.88 Å². The first kappa shape index (κ1) is 13.0. The molecular formula is C15H18N2O3. The predicted molar refractivity (Wildman–Crippen MR) is 75.7 cm³/mol. The molecule has 1 aliphatic rings. The second-order valence-corrected chi connectivity index (χ2v) is 4.89. The summed E-state index contributed by atoms with van der Waals surface area (Å²) in [6, 6.07) is 7.78. The van der Waals surface area contributed by atoms with Crippen molar-refractivity contribution >= 4 is 5.88 Å². The fourth-order valence-corrected chi connectivity index (χ4v) is 2.69. The van der Waals surface area contributed by atoms with Gasteiger partial charge in [0.05, 0.1) is 18.4 Å². The SMILES string of the molecule is COc1ccccc1-c1c(C2CCOCC2)noc1N. The zero-order valence-electron chi connectivity index (χ0n) is 11.5. The first-order valence-electron chi connectivity index (χ1n) is 6.77. The van der Waals surface area contributed by atoms with Gasteiger partial charge < -0.3 is 19.7 Å². The number of ether oxygens (including phenoxy) is 2. The van der Waals surface area contributed by atoms with E-state index in [1.807, 2.05) is 24.3 Å². The van der Waals surface area contributed by atoms with Gasteiger partial charge in [0.15, 0.2) is 0 Å². The van der Waals surface area contributed by atoms with Gasteiger partial charge in [0.25, 0.3) is 0 Å². The Morgan fingerprint density at radius 1 is 1.25 bits per heavy atom. The quantitative estimate of drug-likeness (QED) is 0.931. The van der Waals surface area contributed by atoms with Crippen molar-refractivity contribution in [2.24, 2.45) is 0 Å². The van der Waals surface area contributed by atoms with Crippen LogP contribution in [0, 0.1) is 0 Å². The Kier molecular flexibility index (Phi) is 3.60. The van der Waals surface area contributed by atoms with Crippen LogP contribution in [0.3, 0.4) is 0 Å². The van der Waals surface area contributed by atoms with Crippen molar-refractivity contribution in [3.8, 4) is 16.9 Å². The van der Waals surface area contributed by atoms with Crippen LogP contribution in [0.4, 0.5) is 5.88 Å². The van der Waals surface area contributed by atoms with Crippen LogP contribution in [0.2, 0.25) is 0 Å². The molecule has 2 aromatic rings. The number of para-hydroxylation sites is 1. The third-order valence-electron chi connectivity index (χ3n) is 3.73. The largest absolute Gasteiger partial charge is 0.496 e. The molecule has 5 heteroatoms. The lowest BCUT2D eigenvalue weighted by molar-refractivity contribution is 0.0839. The van der Waals surface area contributed by atoms with E-state index >= 15 is 0 Å². The number of benzene rings is 1. The standard InChI is InChI=1S/C15H18N2O3/c1-18-12-5-3-2-4-11(12)13-14(17-20-15(13)16)10-6-8-19-9-7-10/h2-5,10H,6-9,16H2,1H3. The minimum absolute atomic E-state index is 0.324. The molecule has 0 spiro atoms. The summed E-state index contributed by atoms with van der Waals surface area (Å²) in [5, 5.41) is 4.18. The molecule has 0 unspecified atom stereocenters. The normalized spacial score (nSPS) is 16.2.